The predicted octanol–water partition coefficient (Wildman–Crippen LogP) is 2.24. The van der Waals surface area contributed by atoms with Crippen LogP contribution < -0.4 is 10.7 Å². The van der Waals surface area contributed by atoms with Crippen LogP contribution in [0, 0.1) is 15.9 Å². The summed E-state index contributed by atoms with van der Waals surface area (Å²) < 4.78 is 13.4. The molecule has 2 aromatic carbocycles. The number of nitrogens with one attached hydrogen (secondary N) is 2. The lowest BCUT2D eigenvalue weighted by Crippen LogP contribution is -2.48. The molecule has 1 aliphatic heterocycles. The summed E-state index contributed by atoms with van der Waals surface area (Å²) in [5, 5.41) is 13.9. The Hall–Kier alpha value is -3.82. The molecule has 0 radical (unpaired) electrons. The first kappa shape index (κ1) is 19.0. The number of nitrogens with zero attached hydrogens (tertiary/aromatic N) is 2. The number of amides is 4. The number of halogens is 1. The van der Waals surface area contributed by atoms with Gasteiger partial charge in [0.05, 0.1) is 4.92 Å². The van der Waals surface area contributed by atoms with Crippen LogP contribution in [-0.2, 0) is 10.3 Å². The Bertz CT molecular complexity index is 981. The van der Waals surface area contributed by atoms with Gasteiger partial charge in [0.1, 0.15) is 5.54 Å². The van der Waals surface area contributed by atoms with Gasteiger partial charge in [-0.15, -0.1) is 0 Å². The Morgan fingerprint density at radius 1 is 1.25 bits per heavy atom. The van der Waals surface area contributed by atoms with E-state index in [1.54, 1.807) is 37.3 Å². The van der Waals surface area contributed by atoms with E-state index >= 15 is 0 Å². The summed E-state index contributed by atoms with van der Waals surface area (Å²) in [6, 6.07) is 10.2. The number of carbonyl (C=O) groups excluding carboxylic acids is 3. The number of nitro benzene ring substituents is 1. The summed E-state index contributed by atoms with van der Waals surface area (Å²) in [7, 11) is 0. The largest absolute Gasteiger partial charge is 0.344 e. The predicted molar refractivity (Wildman–Crippen MR) is 94.3 cm³/mol. The third-order valence-electron chi connectivity index (χ3n) is 4.51. The molecular weight excluding hydrogens is 371 g/mol. The summed E-state index contributed by atoms with van der Waals surface area (Å²) in [6.45, 7) is 1.71. The Kier molecular flexibility index (Phi) is 4.78. The quantitative estimate of drug-likeness (QED) is 0.464. The van der Waals surface area contributed by atoms with Gasteiger partial charge in [0.2, 0.25) is 5.82 Å². The molecule has 1 fully saturated rings. The average molecular weight is 386 g/mol. The van der Waals surface area contributed by atoms with Gasteiger partial charge >= 0.3 is 11.7 Å². The van der Waals surface area contributed by atoms with E-state index in [9.17, 15) is 28.9 Å². The second kappa shape index (κ2) is 7.06. The lowest BCUT2D eigenvalue weighted by Gasteiger charge is -2.25. The van der Waals surface area contributed by atoms with Crippen molar-refractivity contribution in [3.8, 4) is 0 Å². The maximum absolute atomic E-state index is 13.4. The van der Waals surface area contributed by atoms with Crippen LogP contribution in [0.4, 0.5) is 14.9 Å². The number of benzene rings is 2. The number of imide groups is 1. The highest BCUT2D eigenvalue weighted by Gasteiger charge is 2.52. The van der Waals surface area contributed by atoms with Gasteiger partial charge in [0.25, 0.3) is 11.8 Å². The molecule has 9 nitrogen and oxygen atoms in total. The number of hydrazine groups is 1. The molecule has 0 saturated carbocycles. The summed E-state index contributed by atoms with van der Waals surface area (Å²) in [5.74, 6) is -2.77. The smallest absolute Gasteiger partial charge is 0.318 e. The molecule has 28 heavy (non-hydrogen) atoms. The van der Waals surface area contributed by atoms with Crippen molar-refractivity contribution in [3.63, 3.8) is 0 Å². The van der Waals surface area contributed by atoms with Gasteiger partial charge in [0, 0.05) is 11.6 Å². The molecule has 0 aromatic heterocycles. The van der Waals surface area contributed by atoms with E-state index < -0.39 is 39.8 Å². The molecule has 144 valence electrons. The highest BCUT2D eigenvalue weighted by Crippen LogP contribution is 2.31. The first-order valence-corrected chi connectivity index (χ1v) is 8.27. The number of nitro groups is 1. The highest BCUT2D eigenvalue weighted by molar-refractivity contribution is 6.09. The minimum atomic E-state index is -1.35. The summed E-state index contributed by atoms with van der Waals surface area (Å²) in [5.41, 5.74) is 0.159. The van der Waals surface area contributed by atoms with Gasteiger partial charge in [-0.05, 0) is 24.1 Å². The molecule has 0 spiro atoms. The Morgan fingerprint density at radius 2 is 1.93 bits per heavy atom. The van der Waals surface area contributed by atoms with Crippen molar-refractivity contribution in [1.29, 1.82) is 0 Å². The fourth-order valence-corrected chi connectivity index (χ4v) is 3.00. The van der Waals surface area contributed by atoms with Crippen LogP contribution in [-0.4, -0.2) is 27.8 Å². The molecule has 2 N–H and O–H groups in total. The molecular formula is C18H15FN4O5. The summed E-state index contributed by atoms with van der Waals surface area (Å²) in [4.78, 5) is 47.5. The van der Waals surface area contributed by atoms with Crippen molar-refractivity contribution >= 4 is 23.5 Å². The molecule has 1 atom stereocenters. The highest BCUT2D eigenvalue weighted by atomic mass is 19.1. The van der Waals surface area contributed by atoms with Crippen LogP contribution in [0.15, 0.2) is 48.5 Å². The van der Waals surface area contributed by atoms with Crippen molar-refractivity contribution in [1.82, 2.24) is 15.8 Å². The second-order valence-corrected chi connectivity index (χ2v) is 6.06. The summed E-state index contributed by atoms with van der Waals surface area (Å²) >= 11 is 0. The van der Waals surface area contributed by atoms with E-state index in [0.29, 0.717) is 10.6 Å². The molecule has 10 heteroatoms. The van der Waals surface area contributed by atoms with Crippen molar-refractivity contribution in [2.24, 2.45) is 0 Å². The second-order valence-electron chi connectivity index (χ2n) is 6.06. The minimum absolute atomic E-state index is 0.232. The van der Waals surface area contributed by atoms with Gasteiger partial charge in [-0.25, -0.2) is 4.79 Å². The Labute approximate surface area is 158 Å². The normalized spacial score (nSPS) is 18.7. The zero-order valence-corrected chi connectivity index (χ0v) is 14.6. The molecule has 1 aliphatic rings. The lowest BCUT2D eigenvalue weighted by atomic mass is 9.87. The molecule has 0 aliphatic carbocycles. The SMILES string of the molecule is CC[C@]1(c2ccccc2)NC(=O)N(NC(=O)c2ccc(F)c([N+](=O)[O-])c2)C1=O. The van der Waals surface area contributed by atoms with Crippen molar-refractivity contribution < 1.29 is 23.7 Å². The van der Waals surface area contributed by atoms with Crippen LogP contribution in [0.5, 0.6) is 0 Å². The van der Waals surface area contributed by atoms with Crippen LogP contribution in [0.2, 0.25) is 0 Å². The zero-order chi connectivity index (χ0) is 20.5. The Morgan fingerprint density at radius 3 is 2.54 bits per heavy atom. The van der Waals surface area contributed by atoms with Gasteiger partial charge in [-0.1, -0.05) is 37.3 Å². The number of hydrogen-bond donors (Lipinski definition) is 2. The fraction of sp³-hybridized carbons (Fsp3) is 0.167. The van der Waals surface area contributed by atoms with Gasteiger partial charge in [-0.2, -0.15) is 9.40 Å². The van der Waals surface area contributed by atoms with Crippen molar-refractivity contribution in [2.45, 2.75) is 18.9 Å². The van der Waals surface area contributed by atoms with Gasteiger partial charge < -0.3 is 5.32 Å². The fourth-order valence-electron chi connectivity index (χ4n) is 3.00. The molecule has 1 heterocycles. The van der Waals surface area contributed by atoms with E-state index in [2.05, 4.69) is 10.7 Å². The van der Waals surface area contributed by atoms with Crippen molar-refractivity contribution in [3.05, 3.63) is 75.6 Å². The lowest BCUT2D eigenvalue weighted by molar-refractivity contribution is -0.387. The van der Waals surface area contributed by atoms with Gasteiger partial charge in [-0.3, -0.25) is 25.1 Å². The van der Waals surface area contributed by atoms with Crippen LogP contribution >= 0.6 is 0 Å². The third kappa shape index (κ3) is 3.04. The molecule has 2 aromatic rings. The first-order chi connectivity index (χ1) is 13.3. The van der Waals surface area contributed by atoms with Crippen molar-refractivity contribution in [2.75, 3.05) is 0 Å². The minimum Gasteiger partial charge on any atom is -0.318 e. The molecule has 1 saturated heterocycles. The topological polar surface area (TPSA) is 122 Å². The number of rotatable bonds is 5. The maximum atomic E-state index is 13.4. The third-order valence-corrected chi connectivity index (χ3v) is 4.51. The molecule has 0 bridgehead atoms. The van der Waals surface area contributed by atoms with E-state index in [4.69, 9.17) is 0 Å². The van der Waals surface area contributed by atoms with Gasteiger partial charge in [0.15, 0.2) is 0 Å². The monoisotopic (exact) mass is 386 g/mol. The number of urea groups is 1. The van der Waals surface area contributed by atoms with Crippen LogP contribution in [0.25, 0.3) is 0 Å². The number of hydrogen-bond acceptors (Lipinski definition) is 5. The van der Waals surface area contributed by atoms with Crippen LogP contribution in [0.1, 0.15) is 29.3 Å². The average Bonchev–Trinajstić information content (AvgIpc) is 2.93. The number of carbonyl (C=O) groups is 3. The summed E-state index contributed by atoms with van der Waals surface area (Å²) in [6.07, 6.45) is 0.232. The molecule has 4 amide bonds. The van der Waals surface area contributed by atoms with E-state index in [-0.39, 0.29) is 12.0 Å². The van der Waals surface area contributed by atoms with E-state index in [1.165, 1.54) is 0 Å². The Balaban J connectivity index is 1.88. The first-order valence-electron chi connectivity index (χ1n) is 8.27. The van der Waals surface area contributed by atoms with Crippen LogP contribution in [0.3, 0.4) is 0 Å². The van der Waals surface area contributed by atoms with E-state index in [1.807, 2.05) is 0 Å². The molecule has 3 rings (SSSR count). The standard InChI is InChI=1S/C18H15FN4O5/c1-2-18(12-6-4-3-5-7-12)16(25)22(17(26)20-18)21-15(24)11-8-9-13(19)14(10-11)23(27)28/h3-10H,2H2,1H3,(H,20,26)(H,21,24)/t18-/m1/s1. The van der Waals surface area contributed by atoms with E-state index in [0.717, 1.165) is 18.2 Å². The maximum Gasteiger partial charge on any atom is 0.344 e. The zero-order valence-electron chi connectivity index (χ0n) is 14.6. The molecule has 0 unspecified atom stereocenters.